The molecule has 1 aliphatic heterocycles. The largest absolute Gasteiger partial charge is 0.495 e. The van der Waals surface area contributed by atoms with E-state index in [1.54, 1.807) is 6.07 Å². The predicted molar refractivity (Wildman–Crippen MR) is 173 cm³/mol. The summed E-state index contributed by atoms with van der Waals surface area (Å²) in [5.41, 5.74) is -1.21. The molecule has 10 nitrogen and oxygen atoms in total. The van der Waals surface area contributed by atoms with Gasteiger partial charge >= 0.3 is 12.1 Å². The highest BCUT2D eigenvalue weighted by Gasteiger charge is 2.53. The van der Waals surface area contributed by atoms with Crippen molar-refractivity contribution in [2.75, 3.05) is 19.0 Å². The van der Waals surface area contributed by atoms with Crippen LogP contribution in [0.4, 0.5) is 10.5 Å². The summed E-state index contributed by atoms with van der Waals surface area (Å²) in [6, 6.07) is 2.70. The standard InChI is InChI=1S/C35H54N2O8/c1-7-9-11-13-15-17-19-26(20-18-16-14-12-10-8-2)24-44-32(40)27-21-22-29(43-6)28(23-27)36-31(39)30(25(3)38)37-33(41)35(4,5)45-34(37)42/h21-23,26,30H,7-20,24H2,1-6H3,(H,36,39). The Balaban J connectivity index is 2.09. The summed E-state index contributed by atoms with van der Waals surface area (Å²) in [5.74, 6) is -2.50. The van der Waals surface area contributed by atoms with Gasteiger partial charge in [0.1, 0.15) is 5.75 Å². The topological polar surface area (TPSA) is 128 Å². The molecule has 1 aliphatic rings. The van der Waals surface area contributed by atoms with Gasteiger partial charge in [0.05, 0.1) is 25.0 Å². The minimum atomic E-state index is -1.75. The first-order chi connectivity index (χ1) is 21.5. The molecule has 0 saturated carbocycles. The number of ketones is 1. The highest BCUT2D eigenvalue weighted by atomic mass is 16.6. The second-order valence-corrected chi connectivity index (χ2v) is 12.5. The predicted octanol–water partition coefficient (Wildman–Crippen LogP) is 7.62. The van der Waals surface area contributed by atoms with E-state index in [4.69, 9.17) is 14.2 Å². The van der Waals surface area contributed by atoms with Gasteiger partial charge in [0, 0.05) is 0 Å². The number of nitrogens with one attached hydrogen (secondary N) is 1. The molecule has 3 amide bonds. The first-order valence-corrected chi connectivity index (χ1v) is 16.7. The van der Waals surface area contributed by atoms with Crippen LogP contribution in [0.1, 0.15) is 135 Å². The van der Waals surface area contributed by atoms with Crippen molar-refractivity contribution in [1.82, 2.24) is 4.90 Å². The third kappa shape index (κ3) is 11.8. The minimum Gasteiger partial charge on any atom is -0.495 e. The molecule has 1 N–H and O–H groups in total. The van der Waals surface area contributed by atoms with E-state index in [0.717, 1.165) is 32.6 Å². The van der Waals surface area contributed by atoms with Crippen LogP contribution in [0.5, 0.6) is 5.75 Å². The molecule has 1 aromatic rings. The maximum Gasteiger partial charge on any atom is 0.418 e. The lowest BCUT2D eigenvalue weighted by molar-refractivity contribution is -0.142. The van der Waals surface area contributed by atoms with E-state index >= 15 is 0 Å². The van der Waals surface area contributed by atoms with Crippen molar-refractivity contribution in [1.29, 1.82) is 0 Å². The number of ether oxygens (including phenoxy) is 3. The summed E-state index contributed by atoms with van der Waals surface area (Å²) in [5, 5.41) is 2.55. The van der Waals surface area contributed by atoms with E-state index in [1.165, 1.54) is 97.3 Å². The number of carbonyl (C=O) groups is 5. The zero-order chi connectivity index (χ0) is 33.4. The summed E-state index contributed by atoms with van der Waals surface area (Å²) in [7, 11) is 1.39. The molecule has 45 heavy (non-hydrogen) atoms. The Morgan fingerprint density at radius 2 is 1.44 bits per heavy atom. The van der Waals surface area contributed by atoms with Crippen LogP contribution >= 0.6 is 0 Å². The highest BCUT2D eigenvalue weighted by molar-refractivity contribution is 6.17. The molecule has 0 radical (unpaired) electrons. The van der Waals surface area contributed by atoms with E-state index in [9.17, 15) is 24.0 Å². The smallest absolute Gasteiger partial charge is 0.418 e. The fourth-order valence-electron chi connectivity index (χ4n) is 5.54. The Labute approximate surface area is 268 Å². The summed E-state index contributed by atoms with van der Waals surface area (Å²) < 4.78 is 16.2. The molecule has 10 heteroatoms. The lowest BCUT2D eigenvalue weighted by atomic mass is 9.94. The monoisotopic (exact) mass is 630 g/mol. The first kappa shape index (κ1) is 37.8. The van der Waals surface area contributed by atoms with Crippen LogP contribution in [0.15, 0.2) is 18.2 Å². The van der Waals surface area contributed by atoms with Crippen molar-refractivity contribution < 1.29 is 38.2 Å². The van der Waals surface area contributed by atoms with Crippen molar-refractivity contribution in [3.05, 3.63) is 23.8 Å². The number of hydrogen-bond donors (Lipinski definition) is 1. The van der Waals surface area contributed by atoms with Crippen molar-refractivity contribution in [3.63, 3.8) is 0 Å². The summed E-state index contributed by atoms with van der Waals surface area (Å²) in [6.45, 7) is 8.61. The Morgan fingerprint density at radius 1 is 0.889 bits per heavy atom. The SMILES string of the molecule is CCCCCCCCC(CCCCCCCC)COC(=O)c1ccc(OC)c(NC(=O)C(C(C)=O)N2C(=O)OC(C)(C)C2=O)c1. The number of Topliss-reactive ketones (excluding diaryl/α,β-unsaturated/α-hetero) is 1. The molecule has 1 atom stereocenters. The van der Waals surface area contributed by atoms with E-state index in [-0.39, 0.29) is 22.9 Å². The number of unbranched alkanes of at least 4 members (excludes halogenated alkanes) is 10. The number of hydrogen-bond acceptors (Lipinski definition) is 8. The number of imide groups is 1. The van der Waals surface area contributed by atoms with E-state index < -0.39 is 41.3 Å². The molecule has 1 saturated heterocycles. The van der Waals surface area contributed by atoms with E-state index in [0.29, 0.717) is 11.5 Å². The maximum atomic E-state index is 13.3. The molecular weight excluding hydrogens is 576 g/mol. The number of esters is 1. The van der Waals surface area contributed by atoms with E-state index in [2.05, 4.69) is 19.2 Å². The van der Waals surface area contributed by atoms with Gasteiger partial charge < -0.3 is 19.5 Å². The summed E-state index contributed by atoms with van der Waals surface area (Å²) in [6.07, 6.45) is 15.5. The van der Waals surface area contributed by atoms with Gasteiger partial charge in [-0.05, 0) is 57.7 Å². The second-order valence-electron chi connectivity index (χ2n) is 12.5. The fraction of sp³-hybridized carbons (Fsp3) is 0.686. The third-order valence-corrected chi connectivity index (χ3v) is 8.24. The summed E-state index contributed by atoms with van der Waals surface area (Å²) in [4.78, 5) is 64.6. The van der Waals surface area contributed by atoms with Gasteiger partial charge in [0.15, 0.2) is 17.4 Å². The Kier molecular flexibility index (Phi) is 16.1. The molecule has 0 aromatic heterocycles. The zero-order valence-corrected chi connectivity index (χ0v) is 28.2. The molecule has 1 unspecified atom stereocenters. The molecule has 0 aliphatic carbocycles. The van der Waals surface area contributed by atoms with Gasteiger partial charge in [-0.2, -0.15) is 0 Å². The van der Waals surface area contributed by atoms with Crippen LogP contribution in [-0.2, 0) is 23.9 Å². The third-order valence-electron chi connectivity index (χ3n) is 8.24. The molecule has 1 aromatic carbocycles. The van der Waals surface area contributed by atoms with Gasteiger partial charge in [-0.3, -0.25) is 14.4 Å². The average Bonchev–Trinajstić information content (AvgIpc) is 3.20. The number of benzene rings is 1. The zero-order valence-electron chi connectivity index (χ0n) is 28.2. The Hall–Kier alpha value is -3.43. The fourth-order valence-corrected chi connectivity index (χ4v) is 5.54. The summed E-state index contributed by atoms with van der Waals surface area (Å²) >= 11 is 0. The van der Waals surface area contributed by atoms with Crippen molar-refractivity contribution in [2.24, 2.45) is 5.92 Å². The molecule has 252 valence electrons. The van der Waals surface area contributed by atoms with Crippen LogP contribution < -0.4 is 10.1 Å². The minimum absolute atomic E-state index is 0.0955. The van der Waals surface area contributed by atoms with Crippen LogP contribution in [0.2, 0.25) is 0 Å². The van der Waals surface area contributed by atoms with Gasteiger partial charge in [-0.15, -0.1) is 0 Å². The number of anilines is 1. The number of cyclic esters (lactones) is 1. The molecular formula is C35H54N2O8. The van der Waals surface area contributed by atoms with Gasteiger partial charge in [-0.25, -0.2) is 14.5 Å². The van der Waals surface area contributed by atoms with Crippen molar-refractivity contribution in [3.8, 4) is 5.75 Å². The number of methoxy groups -OCH3 is 1. The molecule has 0 bridgehead atoms. The molecule has 1 fully saturated rings. The average molecular weight is 631 g/mol. The maximum absolute atomic E-state index is 13.3. The lowest BCUT2D eigenvalue weighted by Crippen LogP contribution is -2.52. The lowest BCUT2D eigenvalue weighted by Gasteiger charge is -2.22. The quantitative estimate of drug-likeness (QED) is 0.0787. The van der Waals surface area contributed by atoms with Crippen molar-refractivity contribution in [2.45, 2.75) is 136 Å². The van der Waals surface area contributed by atoms with Crippen LogP contribution in [0.3, 0.4) is 0 Å². The number of rotatable bonds is 22. The normalized spacial score (nSPS) is 14.8. The van der Waals surface area contributed by atoms with Crippen LogP contribution in [0.25, 0.3) is 0 Å². The number of amides is 3. The van der Waals surface area contributed by atoms with E-state index in [1.807, 2.05) is 0 Å². The Morgan fingerprint density at radius 3 is 1.93 bits per heavy atom. The van der Waals surface area contributed by atoms with Crippen LogP contribution in [-0.4, -0.2) is 59.9 Å². The second kappa shape index (κ2) is 19.2. The molecule has 1 heterocycles. The van der Waals surface area contributed by atoms with Crippen LogP contribution in [0, 0.1) is 5.92 Å². The molecule has 2 rings (SSSR count). The number of nitrogens with zero attached hydrogens (tertiary/aromatic N) is 1. The highest BCUT2D eigenvalue weighted by Crippen LogP contribution is 2.29. The van der Waals surface area contributed by atoms with Gasteiger partial charge in [0.25, 0.3) is 11.8 Å². The van der Waals surface area contributed by atoms with Crippen molar-refractivity contribution >= 4 is 35.3 Å². The van der Waals surface area contributed by atoms with Gasteiger partial charge in [0.2, 0.25) is 0 Å². The number of carbonyl (C=O) groups excluding carboxylic acids is 5. The Bertz CT molecular complexity index is 1130. The van der Waals surface area contributed by atoms with Gasteiger partial charge in [-0.1, -0.05) is 90.9 Å². The first-order valence-electron chi connectivity index (χ1n) is 16.7. The molecule has 0 spiro atoms.